The predicted octanol–water partition coefficient (Wildman–Crippen LogP) is 2.70. The van der Waals surface area contributed by atoms with Crippen LogP contribution >= 0.6 is 0 Å². The number of methoxy groups -OCH3 is 3. The van der Waals surface area contributed by atoms with Crippen molar-refractivity contribution in [3.8, 4) is 17.2 Å². The van der Waals surface area contributed by atoms with Gasteiger partial charge < -0.3 is 29.1 Å². The topological polar surface area (TPSA) is 88.5 Å². The van der Waals surface area contributed by atoms with Gasteiger partial charge in [-0.3, -0.25) is 9.59 Å². The third kappa shape index (κ3) is 4.40. The molecule has 0 radical (unpaired) electrons. The van der Waals surface area contributed by atoms with Crippen molar-refractivity contribution in [2.75, 3.05) is 48.5 Å². The molecule has 0 aromatic heterocycles. The number of aliphatic hydroxyl groups is 1. The number of hydrogen-bond donors (Lipinski definition) is 1. The van der Waals surface area contributed by atoms with E-state index < -0.39 is 17.7 Å². The summed E-state index contributed by atoms with van der Waals surface area (Å²) in [6.45, 7) is 0.863. The predicted molar refractivity (Wildman–Crippen MR) is 120 cm³/mol. The minimum atomic E-state index is -0.777. The number of carbonyl (C=O) groups is 2. The molecule has 3 rings (SSSR count). The van der Waals surface area contributed by atoms with E-state index in [1.807, 2.05) is 19.0 Å². The Morgan fingerprint density at radius 2 is 1.72 bits per heavy atom. The Bertz CT molecular complexity index is 1050. The average Bonchev–Trinajstić information content (AvgIpc) is 3.06. The quantitative estimate of drug-likeness (QED) is 0.384. The zero-order chi connectivity index (χ0) is 23.4. The minimum absolute atomic E-state index is 0.0224. The van der Waals surface area contributed by atoms with Crippen LogP contribution in [0.25, 0.3) is 5.76 Å². The first-order chi connectivity index (χ1) is 15.3. The van der Waals surface area contributed by atoms with Gasteiger partial charge in [0.25, 0.3) is 11.7 Å². The lowest BCUT2D eigenvalue weighted by atomic mass is 9.95. The number of Topliss-reactive ketones (excluding diaryl/α,β-unsaturated/α-hetero) is 1. The van der Waals surface area contributed by atoms with Gasteiger partial charge >= 0.3 is 0 Å². The van der Waals surface area contributed by atoms with Crippen molar-refractivity contribution in [3.05, 3.63) is 59.2 Å². The molecule has 2 aromatic rings. The highest BCUT2D eigenvalue weighted by Crippen LogP contribution is 2.42. The van der Waals surface area contributed by atoms with E-state index in [2.05, 4.69) is 0 Å². The fraction of sp³-hybridized carbons (Fsp3) is 0.333. The monoisotopic (exact) mass is 440 g/mol. The van der Waals surface area contributed by atoms with Gasteiger partial charge in [-0.05, 0) is 43.9 Å². The zero-order valence-corrected chi connectivity index (χ0v) is 18.9. The highest BCUT2D eigenvalue weighted by atomic mass is 16.5. The zero-order valence-electron chi connectivity index (χ0n) is 18.9. The van der Waals surface area contributed by atoms with E-state index >= 15 is 0 Å². The van der Waals surface area contributed by atoms with E-state index in [0.29, 0.717) is 41.5 Å². The van der Waals surface area contributed by atoms with Gasteiger partial charge in [0.05, 0.1) is 32.9 Å². The van der Waals surface area contributed by atoms with Crippen LogP contribution < -0.4 is 14.2 Å². The Kier molecular flexibility index (Phi) is 7.05. The summed E-state index contributed by atoms with van der Waals surface area (Å²) in [5.41, 5.74) is 1.04. The molecule has 1 unspecified atom stereocenters. The summed E-state index contributed by atoms with van der Waals surface area (Å²) in [5, 5.41) is 11.1. The normalized spacial score (nSPS) is 17.7. The van der Waals surface area contributed by atoms with Gasteiger partial charge in [0, 0.05) is 18.7 Å². The Morgan fingerprint density at radius 3 is 2.34 bits per heavy atom. The van der Waals surface area contributed by atoms with Crippen LogP contribution in [0.2, 0.25) is 0 Å². The molecule has 1 heterocycles. The van der Waals surface area contributed by atoms with E-state index in [-0.39, 0.29) is 11.3 Å². The van der Waals surface area contributed by atoms with Gasteiger partial charge in [-0.1, -0.05) is 18.2 Å². The number of ketones is 1. The standard InChI is InChI=1S/C24H28N2O6/c1-25(2)11-12-26-21(15-9-10-18(31-4)19(14-15)32-5)20(23(28)24(26)29)22(27)16-7-6-8-17(13-16)30-3/h6-10,13-14,21,27H,11-12H2,1-5H3/b22-20-. The van der Waals surface area contributed by atoms with Crippen LogP contribution in [0.4, 0.5) is 0 Å². The lowest BCUT2D eigenvalue weighted by Gasteiger charge is -2.27. The molecule has 0 saturated carbocycles. The molecule has 8 heteroatoms. The molecule has 1 amide bonds. The lowest BCUT2D eigenvalue weighted by molar-refractivity contribution is -0.140. The first-order valence-electron chi connectivity index (χ1n) is 10.1. The number of rotatable bonds is 8. The van der Waals surface area contributed by atoms with Crippen LogP contribution in [0.3, 0.4) is 0 Å². The summed E-state index contributed by atoms with van der Waals surface area (Å²) in [4.78, 5) is 29.5. The fourth-order valence-electron chi connectivity index (χ4n) is 3.71. The number of nitrogens with zero attached hydrogens (tertiary/aromatic N) is 2. The summed E-state index contributed by atoms with van der Waals surface area (Å²) in [6.07, 6.45) is 0. The molecule has 0 spiro atoms. The van der Waals surface area contributed by atoms with Crippen molar-refractivity contribution in [1.82, 2.24) is 9.80 Å². The number of aliphatic hydroxyl groups excluding tert-OH is 1. The van der Waals surface area contributed by atoms with Crippen LogP contribution in [-0.2, 0) is 9.59 Å². The second-order valence-corrected chi connectivity index (χ2v) is 7.64. The van der Waals surface area contributed by atoms with E-state index in [1.54, 1.807) is 42.5 Å². The van der Waals surface area contributed by atoms with Gasteiger partial charge in [0.1, 0.15) is 11.5 Å². The molecule has 1 aliphatic heterocycles. The van der Waals surface area contributed by atoms with Crippen molar-refractivity contribution < 1.29 is 28.9 Å². The van der Waals surface area contributed by atoms with E-state index in [0.717, 1.165) is 0 Å². The van der Waals surface area contributed by atoms with E-state index in [1.165, 1.54) is 26.2 Å². The molecule has 1 atom stereocenters. The molecule has 2 aromatic carbocycles. The molecule has 0 bridgehead atoms. The maximum atomic E-state index is 13.1. The van der Waals surface area contributed by atoms with Crippen molar-refractivity contribution in [2.24, 2.45) is 0 Å². The van der Waals surface area contributed by atoms with E-state index in [9.17, 15) is 14.7 Å². The molecule has 8 nitrogen and oxygen atoms in total. The Hall–Kier alpha value is -3.52. The van der Waals surface area contributed by atoms with Crippen molar-refractivity contribution >= 4 is 17.4 Å². The Labute approximate surface area is 187 Å². The van der Waals surface area contributed by atoms with Gasteiger partial charge in [-0.15, -0.1) is 0 Å². The molecular formula is C24H28N2O6. The van der Waals surface area contributed by atoms with Crippen molar-refractivity contribution in [2.45, 2.75) is 6.04 Å². The summed E-state index contributed by atoms with van der Waals surface area (Å²) >= 11 is 0. The number of benzene rings is 2. The van der Waals surface area contributed by atoms with Crippen molar-refractivity contribution in [3.63, 3.8) is 0 Å². The van der Waals surface area contributed by atoms with Gasteiger partial charge in [0.15, 0.2) is 11.5 Å². The fourth-order valence-corrected chi connectivity index (χ4v) is 3.71. The third-order valence-corrected chi connectivity index (χ3v) is 5.39. The van der Waals surface area contributed by atoms with Crippen LogP contribution in [0.1, 0.15) is 17.2 Å². The van der Waals surface area contributed by atoms with Crippen LogP contribution in [0.5, 0.6) is 17.2 Å². The summed E-state index contributed by atoms with van der Waals surface area (Å²) in [7, 11) is 8.34. The number of hydrogen-bond acceptors (Lipinski definition) is 7. The molecule has 1 fully saturated rings. The highest BCUT2D eigenvalue weighted by Gasteiger charge is 2.46. The van der Waals surface area contributed by atoms with Crippen LogP contribution in [0.15, 0.2) is 48.0 Å². The summed E-state index contributed by atoms with van der Waals surface area (Å²) < 4.78 is 16.0. The van der Waals surface area contributed by atoms with E-state index in [4.69, 9.17) is 14.2 Å². The summed E-state index contributed by atoms with van der Waals surface area (Å²) in [6, 6.07) is 11.1. The van der Waals surface area contributed by atoms with Crippen LogP contribution in [0, 0.1) is 0 Å². The van der Waals surface area contributed by atoms with Gasteiger partial charge in [-0.25, -0.2) is 0 Å². The number of likely N-dealkylation sites (N-methyl/N-ethyl adjacent to an activating group) is 1. The van der Waals surface area contributed by atoms with Gasteiger partial charge in [-0.2, -0.15) is 0 Å². The Balaban J connectivity index is 2.19. The highest BCUT2D eigenvalue weighted by molar-refractivity contribution is 6.46. The molecule has 1 N–H and O–H groups in total. The number of carbonyl (C=O) groups excluding carboxylic acids is 2. The summed E-state index contributed by atoms with van der Waals surface area (Å²) in [5.74, 6) is -0.133. The molecule has 32 heavy (non-hydrogen) atoms. The lowest BCUT2D eigenvalue weighted by Crippen LogP contribution is -2.35. The first kappa shape index (κ1) is 23.1. The van der Waals surface area contributed by atoms with Crippen LogP contribution in [-0.4, -0.2) is 75.1 Å². The minimum Gasteiger partial charge on any atom is -0.507 e. The number of likely N-dealkylation sites (tertiary alicyclic amines) is 1. The maximum Gasteiger partial charge on any atom is 0.295 e. The second-order valence-electron chi connectivity index (χ2n) is 7.64. The molecule has 1 aliphatic rings. The molecule has 170 valence electrons. The average molecular weight is 440 g/mol. The smallest absolute Gasteiger partial charge is 0.295 e. The van der Waals surface area contributed by atoms with Gasteiger partial charge in [0.2, 0.25) is 0 Å². The largest absolute Gasteiger partial charge is 0.507 e. The number of amides is 1. The maximum absolute atomic E-state index is 13.1. The molecular weight excluding hydrogens is 412 g/mol. The third-order valence-electron chi connectivity index (χ3n) is 5.39. The second kappa shape index (κ2) is 9.74. The first-order valence-corrected chi connectivity index (χ1v) is 10.1. The number of ether oxygens (including phenoxy) is 3. The molecule has 1 saturated heterocycles. The SMILES string of the molecule is COc1cccc(/C(O)=C2/C(=O)C(=O)N(CCN(C)C)C2c2ccc(OC)c(OC)c2)c1. The molecule has 0 aliphatic carbocycles. The van der Waals surface area contributed by atoms with Crippen molar-refractivity contribution in [1.29, 1.82) is 0 Å². The Morgan fingerprint density at radius 1 is 1.00 bits per heavy atom.